The van der Waals surface area contributed by atoms with Crippen molar-refractivity contribution in [3.63, 3.8) is 0 Å². The minimum absolute atomic E-state index is 0.839. The van der Waals surface area contributed by atoms with Gasteiger partial charge in [-0.25, -0.2) is 0 Å². The van der Waals surface area contributed by atoms with E-state index in [1.165, 1.54) is 27.4 Å². The van der Waals surface area contributed by atoms with E-state index < -0.39 is 0 Å². The molecule has 56 heavy (non-hydrogen) atoms. The lowest BCUT2D eigenvalue weighted by atomic mass is 9.98. The first-order chi connectivity index (χ1) is 27.8. The van der Waals surface area contributed by atoms with E-state index in [4.69, 9.17) is 8.83 Å². The number of furan rings is 2. The van der Waals surface area contributed by atoms with Crippen LogP contribution in [-0.4, -0.2) is 4.57 Å². The Hall–Kier alpha value is -7.56. The average Bonchev–Trinajstić information content (AvgIpc) is 3.95. The van der Waals surface area contributed by atoms with Crippen LogP contribution in [0.5, 0.6) is 0 Å². The maximum atomic E-state index is 6.70. The number of fused-ring (bicyclic) bond motifs is 11. The Labute approximate surface area is 321 Å². The molecule has 9 aromatic carbocycles. The Kier molecular flexibility index (Phi) is 6.60. The molecule has 0 saturated heterocycles. The predicted molar refractivity (Wildman–Crippen MR) is 233 cm³/mol. The highest BCUT2D eigenvalue weighted by Gasteiger charge is 2.24. The van der Waals surface area contributed by atoms with E-state index in [-0.39, 0.29) is 0 Å². The summed E-state index contributed by atoms with van der Waals surface area (Å²) < 4.78 is 15.8. The van der Waals surface area contributed by atoms with Crippen LogP contribution in [0.25, 0.3) is 93.3 Å². The van der Waals surface area contributed by atoms with E-state index in [1.54, 1.807) is 0 Å². The van der Waals surface area contributed by atoms with Gasteiger partial charge in [-0.15, -0.1) is 0 Å². The smallest absolute Gasteiger partial charge is 0.159 e. The highest BCUT2D eigenvalue weighted by Crippen LogP contribution is 2.48. The molecule has 0 spiro atoms. The lowest BCUT2D eigenvalue weighted by molar-refractivity contribution is 0.669. The zero-order valence-electron chi connectivity index (χ0n) is 30.2. The quantitative estimate of drug-likeness (QED) is 0.178. The van der Waals surface area contributed by atoms with Crippen LogP contribution in [0, 0.1) is 0 Å². The molecule has 0 aliphatic heterocycles. The van der Waals surface area contributed by atoms with Gasteiger partial charge >= 0.3 is 0 Å². The van der Waals surface area contributed by atoms with Crippen molar-refractivity contribution in [1.82, 2.24) is 4.57 Å². The topological polar surface area (TPSA) is 34.5 Å². The summed E-state index contributed by atoms with van der Waals surface area (Å²) in [5.74, 6) is 0. The van der Waals surface area contributed by atoms with Crippen molar-refractivity contribution in [2.24, 2.45) is 0 Å². The minimum atomic E-state index is 0.839. The Morgan fingerprint density at radius 1 is 0.375 bits per heavy atom. The molecule has 0 N–H and O–H groups in total. The van der Waals surface area contributed by atoms with Gasteiger partial charge in [0.2, 0.25) is 0 Å². The van der Waals surface area contributed by atoms with Gasteiger partial charge in [-0.05, 0) is 83.2 Å². The molecule has 0 unspecified atom stereocenters. The summed E-state index contributed by atoms with van der Waals surface area (Å²) in [7, 11) is 0. The molecule has 4 nitrogen and oxygen atoms in total. The van der Waals surface area contributed by atoms with Crippen molar-refractivity contribution in [1.29, 1.82) is 0 Å². The molecule has 3 aromatic heterocycles. The Bertz CT molecular complexity index is 3480. The van der Waals surface area contributed by atoms with Gasteiger partial charge in [0.05, 0.1) is 27.8 Å². The second-order valence-corrected chi connectivity index (χ2v) is 14.4. The monoisotopic (exact) mass is 716 g/mol. The summed E-state index contributed by atoms with van der Waals surface area (Å²) in [4.78, 5) is 2.34. The number of rotatable bonds is 5. The first kappa shape index (κ1) is 30.9. The second-order valence-electron chi connectivity index (χ2n) is 14.4. The average molecular weight is 717 g/mol. The fourth-order valence-corrected chi connectivity index (χ4v) is 8.94. The van der Waals surface area contributed by atoms with Crippen molar-refractivity contribution in [2.75, 3.05) is 4.90 Å². The molecule has 0 aliphatic carbocycles. The zero-order valence-corrected chi connectivity index (χ0v) is 30.2. The van der Waals surface area contributed by atoms with Gasteiger partial charge in [0.15, 0.2) is 5.58 Å². The summed E-state index contributed by atoms with van der Waals surface area (Å²) in [6.07, 6.45) is 0. The maximum absolute atomic E-state index is 6.70. The molecule has 0 bridgehead atoms. The standard InChI is InChI=1S/C52H32N2O2/c1-2-14-35(15-3-1)53-43-21-8-6-18-41(43)49-37(19-10-22-44(49)53)34-27-30-36(31-28-34)54(46-24-11-20-40-39-17-7-9-25-47(39)55-52(40)46)45-23-12-26-48-50(45)42-32-29-33-13-4-5-16-38(33)51(42)56-48/h1-32H. The third-order valence-corrected chi connectivity index (χ3v) is 11.4. The lowest BCUT2D eigenvalue weighted by Crippen LogP contribution is -2.10. The van der Waals surface area contributed by atoms with Crippen LogP contribution in [-0.2, 0) is 0 Å². The van der Waals surface area contributed by atoms with E-state index in [9.17, 15) is 0 Å². The minimum Gasteiger partial charge on any atom is -0.455 e. The number of para-hydroxylation sites is 4. The van der Waals surface area contributed by atoms with Crippen LogP contribution in [0.15, 0.2) is 203 Å². The van der Waals surface area contributed by atoms with Gasteiger partial charge in [0.25, 0.3) is 0 Å². The van der Waals surface area contributed by atoms with Crippen molar-refractivity contribution in [3.8, 4) is 16.8 Å². The zero-order chi connectivity index (χ0) is 36.7. The van der Waals surface area contributed by atoms with Crippen LogP contribution in [0.3, 0.4) is 0 Å². The number of nitrogens with zero attached hydrogens (tertiary/aromatic N) is 2. The van der Waals surface area contributed by atoms with E-state index in [2.05, 4.69) is 191 Å². The second kappa shape index (κ2) is 12.0. The summed E-state index contributed by atoms with van der Waals surface area (Å²) in [5, 5.41) is 9.04. The van der Waals surface area contributed by atoms with Gasteiger partial charge in [0, 0.05) is 43.7 Å². The number of benzene rings is 9. The Morgan fingerprint density at radius 2 is 1.04 bits per heavy atom. The van der Waals surface area contributed by atoms with Crippen LogP contribution in [0.1, 0.15) is 0 Å². The van der Waals surface area contributed by atoms with Crippen molar-refractivity contribution >= 4 is 93.5 Å². The first-order valence-corrected chi connectivity index (χ1v) is 19.0. The van der Waals surface area contributed by atoms with Gasteiger partial charge < -0.3 is 18.3 Å². The summed E-state index contributed by atoms with van der Waals surface area (Å²) in [6.45, 7) is 0. The molecule has 4 heteroatoms. The molecule has 0 saturated carbocycles. The van der Waals surface area contributed by atoms with E-state index >= 15 is 0 Å². The highest BCUT2D eigenvalue weighted by atomic mass is 16.3. The van der Waals surface area contributed by atoms with E-state index in [0.29, 0.717) is 0 Å². The normalized spacial score (nSPS) is 11.9. The van der Waals surface area contributed by atoms with Crippen LogP contribution in [0.2, 0.25) is 0 Å². The van der Waals surface area contributed by atoms with Crippen molar-refractivity contribution in [3.05, 3.63) is 194 Å². The van der Waals surface area contributed by atoms with Crippen LogP contribution in [0.4, 0.5) is 17.1 Å². The summed E-state index contributed by atoms with van der Waals surface area (Å²) >= 11 is 0. The molecule has 0 atom stereocenters. The molecule has 0 radical (unpaired) electrons. The third kappa shape index (κ3) is 4.47. The van der Waals surface area contributed by atoms with Crippen LogP contribution < -0.4 is 4.90 Å². The lowest BCUT2D eigenvalue weighted by Gasteiger charge is -2.26. The Morgan fingerprint density at radius 3 is 1.93 bits per heavy atom. The number of hydrogen-bond donors (Lipinski definition) is 0. The Balaban J connectivity index is 1.09. The van der Waals surface area contributed by atoms with Gasteiger partial charge in [-0.2, -0.15) is 0 Å². The largest absolute Gasteiger partial charge is 0.455 e. The van der Waals surface area contributed by atoms with Gasteiger partial charge in [-0.1, -0.05) is 127 Å². The fourth-order valence-electron chi connectivity index (χ4n) is 8.94. The molecular formula is C52H32N2O2. The fraction of sp³-hybridized carbons (Fsp3) is 0. The predicted octanol–water partition coefficient (Wildman–Crippen LogP) is 14.9. The van der Waals surface area contributed by atoms with Crippen molar-refractivity contribution < 1.29 is 8.83 Å². The number of aromatic nitrogens is 1. The summed E-state index contributed by atoms with van der Waals surface area (Å²) in [5.41, 5.74) is 12.3. The van der Waals surface area contributed by atoms with E-state index in [1.807, 2.05) is 12.1 Å². The van der Waals surface area contributed by atoms with E-state index in [0.717, 1.165) is 83.0 Å². The van der Waals surface area contributed by atoms with Gasteiger partial charge in [-0.3, -0.25) is 0 Å². The maximum Gasteiger partial charge on any atom is 0.159 e. The molecule has 0 aliphatic rings. The number of hydrogen-bond acceptors (Lipinski definition) is 3. The molecule has 12 rings (SSSR count). The molecular weight excluding hydrogens is 685 g/mol. The van der Waals surface area contributed by atoms with Crippen molar-refractivity contribution in [2.45, 2.75) is 0 Å². The molecule has 0 fully saturated rings. The number of anilines is 3. The highest BCUT2D eigenvalue weighted by molar-refractivity contribution is 6.21. The first-order valence-electron chi connectivity index (χ1n) is 19.0. The molecule has 0 amide bonds. The summed E-state index contributed by atoms with van der Waals surface area (Å²) in [6, 6.07) is 68.9. The van der Waals surface area contributed by atoms with Gasteiger partial charge in [0.1, 0.15) is 16.7 Å². The molecule has 262 valence electrons. The van der Waals surface area contributed by atoms with Crippen LogP contribution >= 0.6 is 0 Å². The molecule has 3 heterocycles. The SMILES string of the molecule is c1ccc(-n2c3ccccc3c3c(-c4ccc(N(c5cccc6c5oc5ccccc56)c5cccc6oc7c8ccccc8ccc7c56)cc4)cccc32)cc1. The molecule has 12 aromatic rings. The third-order valence-electron chi connectivity index (χ3n) is 11.4.